The van der Waals surface area contributed by atoms with Crippen LogP contribution in [-0.2, 0) is 16.0 Å². The Bertz CT molecular complexity index is 498. The summed E-state index contributed by atoms with van der Waals surface area (Å²) < 4.78 is 0. The van der Waals surface area contributed by atoms with Crippen molar-refractivity contribution in [2.24, 2.45) is 11.8 Å². The number of carboxylic acids is 1. The van der Waals surface area contributed by atoms with Crippen molar-refractivity contribution in [3.05, 3.63) is 35.4 Å². The zero-order valence-corrected chi connectivity index (χ0v) is 11.3. The van der Waals surface area contributed by atoms with Crippen molar-refractivity contribution in [2.45, 2.75) is 20.3 Å². The standard InChI is InChI=1S/C15H19NO3/c1-10-5-3-4-6-12(10)7-14(17)16-8-11(2)13(9-16)15(18)19/h3-6,11,13H,7-9H2,1-2H3,(H,18,19)/t11-,13-/m1/s1. The number of likely N-dealkylation sites (tertiary alicyclic amines) is 1. The van der Waals surface area contributed by atoms with Gasteiger partial charge in [-0.25, -0.2) is 0 Å². The second kappa shape index (κ2) is 5.43. The maximum absolute atomic E-state index is 12.2. The average Bonchev–Trinajstić information content (AvgIpc) is 2.74. The summed E-state index contributed by atoms with van der Waals surface area (Å²) in [6.07, 6.45) is 0.353. The molecule has 0 radical (unpaired) electrons. The van der Waals surface area contributed by atoms with E-state index in [9.17, 15) is 9.59 Å². The Kier molecular flexibility index (Phi) is 3.88. The fourth-order valence-electron chi connectivity index (χ4n) is 2.58. The topological polar surface area (TPSA) is 57.6 Å². The molecule has 0 unspecified atom stereocenters. The van der Waals surface area contributed by atoms with Gasteiger partial charge in [0.1, 0.15) is 0 Å². The molecule has 0 aromatic heterocycles. The summed E-state index contributed by atoms with van der Waals surface area (Å²) in [4.78, 5) is 24.9. The number of hydrogen-bond acceptors (Lipinski definition) is 2. The van der Waals surface area contributed by atoms with Gasteiger partial charge in [0.2, 0.25) is 5.91 Å². The maximum atomic E-state index is 12.2. The molecule has 1 aromatic rings. The number of carboxylic acid groups (broad SMARTS) is 1. The van der Waals surface area contributed by atoms with Crippen molar-refractivity contribution in [3.8, 4) is 0 Å². The van der Waals surface area contributed by atoms with Crippen molar-refractivity contribution < 1.29 is 14.7 Å². The third-order valence-electron chi connectivity index (χ3n) is 3.89. The summed E-state index contributed by atoms with van der Waals surface area (Å²) in [5.74, 6) is -1.19. The normalized spacial score (nSPS) is 22.5. The van der Waals surface area contributed by atoms with E-state index in [4.69, 9.17) is 5.11 Å². The van der Waals surface area contributed by atoms with Gasteiger partial charge < -0.3 is 10.0 Å². The van der Waals surface area contributed by atoms with E-state index in [0.717, 1.165) is 11.1 Å². The van der Waals surface area contributed by atoms with Gasteiger partial charge in [-0.2, -0.15) is 0 Å². The van der Waals surface area contributed by atoms with Gasteiger partial charge in [-0.05, 0) is 24.0 Å². The molecule has 1 fully saturated rings. The molecule has 4 nitrogen and oxygen atoms in total. The van der Waals surface area contributed by atoms with Crippen molar-refractivity contribution in [1.82, 2.24) is 4.90 Å². The number of hydrogen-bond donors (Lipinski definition) is 1. The first-order valence-electron chi connectivity index (χ1n) is 6.54. The van der Waals surface area contributed by atoms with E-state index in [1.807, 2.05) is 38.1 Å². The zero-order chi connectivity index (χ0) is 14.0. The molecule has 0 bridgehead atoms. The largest absolute Gasteiger partial charge is 0.481 e. The SMILES string of the molecule is Cc1ccccc1CC(=O)N1C[C@@H](C)[C@H](C(=O)O)C1. The molecule has 4 heteroatoms. The lowest BCUT2D eigenvalue weighted by Gasteiger charge is -2.16. The van der Waals surface area contributed by atoms with Crippen LogP contribution in [0.1, 0.15) is 18.1 Å². The molecule has 102 valence electrons. The Morgan fingerprint density at radius 2 is 2.00 bits per heavy atom. The number of rotatable bonds is 3. The lowest BCUT2D eigenvalue weighted by Crippen LogP contribution is -2.31. The van der Waals surface area contributed by atoms with E-state index in [0.29, 0.717) is 19.5 Å². The van der Waals surface area contributed by atoms with Gasteiger partial charge in [-0.15, -0.1) is 0 Å². The fraction of sp³-hybridized carbons (Fsp3) is 0.467. The van der Waals surface area contributed by atoms with Gasteiger partial charge in [0.25, 0.3) is 0 Å². The molecule has 1 aromatic carbocycles. The van der Waals surface area contributed by atoms with Crippen LogP contribution in [0.4, 0.5) is 0 Å². The highest BCUT2D eigenvalue weighted by Crippen LogP contribution is 2.24. The quantitative estimate of drug-likeness (QED) is 0.901. The van der Waals surface area contributed by atoms with Gasteiger partial charge in [-0.1, -0.05) is 31.2 Å². The molecular formula is C15H19NO3. The number of aryl methyl sites for hydroxylation is 1. The monoisotopic (exact) mass is 261 g/mol. The highest BCUT2D eigenvalue weighted by molar-refractivity contribution is 5.81. The minimum atomic E-state index is -0.807. The van der Waals surface area contributed by atoms with Gasteiger partial charge in [-0.3, -0.25) is 9.59 Å². The van der Waals surface area contributed by atoms with Crippen LogP contribution in [0.2, 0.25) is 0 Å². The van der Waals surface area contributed by atoms with Gasteiger partial charge in [0.05, 0.1) is 12.3 Å². The van der Waals surface area contributed by atoms with Gasteiger partial charge in [0, 0.05) is 13.1 Å². The Morgan fingerprint density at radius 1 is 1.32 bits per heavy atom. The van der Waals surface area contributed by atoms with E-state index in [-0.39, 0.29) is 11.8 Å². The molecule has 1 aliphatic rings. The molecule has 2 rings (SSSR count). The van der Waals surface area contributed by atoms with Crippen LogP contribution in [-0.4, -0.2) is 35.0 Å². The third kappa shape index (κ3) is 2.95. The van der Waals surface area contributed by atoms with Crippen molar-refractivity contribution in [3.63, 3.8) is 0 Å². The van der Waals surface area contributed by atoms with Crippen LogP contribution in [0.15, 0.2) is 24.3 Å². The van der Waals surface area contributed by atoms with E-state index in [1.54, 1.807) is 4.90 Å². The summed E-state index contributed by atoms with van der Waals surface area (Å²) in [5, 5.41) is 9.08. The molecule has 19 heavy (non-hydrogen) atoms. The second-order valence-electron chi connectivity index (χ2n) is 5.32. The first kappa shape index (κ1) is 13.6. The van der Waals surface area contributed by atoms with E-state index < -0.39 is 11.9 Å². The molecule has 1 saturated heterocycles. The summed E-state index contributed by atoms with van der Waals surface area (Å²) in [5.41, 5.74) is 2.11. The summed E-state index contributed by atoms with van der Waals surface area (Å²) in [7, 11) is 0. The van der Waals surface area contributed by atoms with E-state index in [1.165, 1.54) is 0 Å². The molecule has 1 aliphatic heterocycles. The number of carbonyl (C=O) groups excluding carboxylic acids is 1. The molecule has 2 atom stereocenters. The Labute approximate surface area is 113 Å². The molecule has 0 saturated carbocycles. The predicted octanol–water partition coefficient (Wildman–Crippen LogP) is 1.72. The lowest BCUT2D eigenvalue weighted by molar-refractivity contribution is -0.142. The third-order valence-corrected chi connectivity index (χ3v) is 3.89. The number of nitrogens with zero attached hydrogens (tertiary/aromatic N) is 1. The summed E-state index contributed by atoms with van der Waals surface area (Å²) in [6, 6.07) is 7.79. The molecule has 0 aliphatic carbocycles. The minimum Gasteiger partial charge on any atom is -0.481 e. The van der Waals surface area contributed by atoms with Crippen molar-refractivity contribution >= 4 is 11.9 Å². The second-order valence-corrected chi connectivity index (χ2v) is 5.32. The van der Waals surface area contributed by atoms with Crippen LogP contribution in [0.3, 0.4) is 0 Å². The van der Waals surface area contributed by atoms with Gasteiger partial charge >= 0.3 is 5.97 Å². The number of carbonyl (C=O) groups is 2. The van der Waals surface area contributed by atoms with Crippen LogP contribution >= 0.6 is 0 Å². The first-order valence-corrected chi connectivity index (χ1v) is 6.54. The Hall–Kier alpha value is -1.84. The summed E-state index contributed by atoms with van der Waals surface area (Å²) >= 11 is 0. The Balaban J connectivity index is 2.02. The zero-order valence-electron chi connectivity index (χ0n) is 11.3. The fourth-order valence-corrected chi connectivity index (χ4v) is 2.58. The number of benzene rings is 1. The van der Waals surface area contributed by atoms with Crippen LogP contribution < -0.4 is 0 Å². The van der Waals surface area contributed by atoms with Crippen molar-refractivity contribution in [2.75, 3.05) is 13.1 Å². The first-order chi connectivity index (χ1) is 8.99. The minimum absolute atomic E-state index is 0.0184. The smallest absolute Gasteiger partial charge is 0.308 e. The highest BCUT2D eigenvalue weighted by Gasteiger charge is 2.36. The van der Waals surface area contributed by atoms with E-state index in [2.05, 4.69) is 0 Å². The lowest BCUT2D eigenvalue weighted by atomic mass is 9.99. The predicted molar refractivity (Wildman–Crippen MR) is 71.8 cm³/mol. The number of amides is 1. The summed E-state index contributed by atoms with van der Waals surface area (Å²) in [6.45, 7) is 4.75. The highest BCUT2D eigenvalue weighted by atomic mass is 16.4. The van der Waals surface area contributed by atoms with Crippen molar-refractivity contribution in [1.29, 1.82) is 0 Å². The Morgan fingerprint density at radius 3 is 2.58 bits per heavy atom. The van der Waals surface area contributed by atoms with Crippen LogP contribution in [0.5, 0.6) is 0 Å². The molecule has 0 spiro atoms. The molecule has 1 heterocycles. The van der Waals surface area contributed by atoms with Crippen LogP contribution in [0, 0.1) is 18.8 Å². The maximum Gasteiger partial charge on any atom is 0.308 e. The van der Waals surface area contributed by atoms with Gasteiger partial charge in [0.15, 0.2) is 0 Å². The van der Waals surface area contributed by atoms with E-state index >= 15 is 0 Å². The molecule has 1 N–H and O–H groups in total. The molecular weight excluding hydrogens is 242 g/mol. The number of aliphatic carboxylic acids is 1. The average molecular weight is 261 g/mol. The van der Waals surface area contributed by atoms with Crippen LogP contribution in [0.25, 0.3) is 0 Å². The molecule has 1 amide bonds.